The molecular formula is C31H31ClN2O3S. The van der Waals surface area contributed by atoms with Crippen molar-refractivity contribution in [3.63, 3.8) is 0 Å². The highest BCUT2D eigenvalue weighted by Gasteiger charge is 2.34. The summed E-state index contributed by atoms with van der Waals surface area (Å²) in [7, 11) is 0. The zero-order valence-corrected chi connectivity index (χ0v) is 23.6. The molecule has 2 aromatic heterocycles. The van der Waals surface area contributed by atoms with Crippen molar-refractivity contribution < 1.29 is 14.3 Å². The minimum atomic E-state index is -0.383. The molecule has 1 N–H and O–H groups in total. The van der Waals surface area contributed by atoms with E-state index in [0.29, 0.717) is 38.3 Å². The van der Waals surface area contributed by atoms with E-state index >= 15 is 0 Å². The van der Waals surface area contributed by atoms with Gasteiger partial charge in [-0.3, -0.25) is 4.79 Å². The molecule has 5 nitrogen and oxygen atoms in total. The Bertz CT molecular complexity index is 1540. The predicted molar refractivity (Wildman–Crippen MR) is 155 cm³/mol. The van der Waals surface area contributed by atoms with Crippen molar-refractivity contribution in [2.75, 3.05) is 11.9 Å². The first-order valence-electron chi connectivity index (χ1n) is 12.9. The standard InChI is InChI=1S/C31H31ClN2O3S/c1-5-37-30(36)27-21-15-14-18(31(2,3)4)16-26(21)38-29(27)34-28(35)22-17-25(20-11-6-8-12-23(20)32)33-24-13-9-7-10-19(22)24/h6-13,17-18H,5,14-16H2,1-4H3,(H,34,35). The molecule has 1 unspecified atom stereocenters. The van der Waals surface area contributed by atoms with Gasteiger partial charge in [0.25, 0.3) is 5.91 Å². The van der Waals surface area contributed by atoms with E-state index in [1.54, 1.807) is 19.1 Å². The van der Waals surface area contributed by atoms with E-state index in [0.717, 1.165) is 40.7 Å². The monoisotopic (exact) mass is 546 g/mol. The molecule has 0 aliphatic heterocycles. The van der Waals surface area contributed by atoms with Crippen molar-refractivity contribution in [2.45, 2.75) is 47.0 Å². The van der Waals surface area contributed by atoms with Gasteiger partial charge in [-0.05, 0) is 61.3 Å². The Morgan fingerprint density at radius 3 is 2.61 bits per heavy atom. The van der Waals surface area contributed by atoms with Gasteiger partial charge in [-0.15, -0.1) is 11.3 Å². The summed E-state index contributed by atoms with van der Waals surface area (Å²) in [5.74, 6) is -0.172. The van der Waals surface area contributed by atoms with Gasteiger partial charge in [0.1, 0.15) is 5.00 Å². The average molecular weight is 547 g/mol. The van der Waals surface area contributed by atoms with Gasteiger partial charge in [0.05, 0.1) is 28.9 Å². The van der Waals surface area contributed by atoms with E-state index in [4.69, 9.17) is 21.3 Å². The van der Waals surface area contributed by atoms with Crippen LogP contribution in [0.15, 0.2) is 54.6 Å². The molecule has 5 rings (SSSR count). The molecule has 0 spiro atoms. The third-order valence-electron chi connectivity index (χ3n) is 7.31. The van der Waals surface area contributed by atoms with Crippen molar-refractivity contribution in [3.05, 3.63) is 81.2 Å². The summed E-state index contributed by atoms with van der Waals surface area (Å²) in [6.07, 6.45) is 2.69. The number of hydrogen-bond acceptors (Lipinski definition) is 5. The van der Waals surface area contributed by atoms with Crippen LogP contribution >= 0.6 is 22.9 Å². The van der Waals surface area contributed by atoms with E-state index in [1.165, 1.54) is 11.3 Å². The second-order valence-corrected chi connectivity index (χ2v) is 12.3. The lowest BCUT2D eigenvalue weighted by Gasteiger charge is -2.33. The number of thiophene rings is 1. The largest absolute Gasteiger partial charge is 0.462 e. The third kappa shape index (κ3) is 5.07. The molecule has 0 saturated carbocycles. The van der Waals surface area contributed by atoms with Crippen molar-refractivity contribution in [1.82, 2.24) is 4.98 Å². The normalized spacial score (nSPS) is 15.2. The molecule has 1 atom stereocenters. The van der Waals surface area contributed by atoms with Gasteiger partial charge in [0.15, 0.2) is 0 Å². The first kappa shape index (κ1) is 26.4. The van der Waals surface area contributed by atoms with Gasteiger partial charge in [0.2, 0.25) is 0 Å². The summed E-state index contributed by atoms with van der Waals surface area (Å²) in [6, 6.07) is 16.8. The number of nitrogens with zero attached hydrogens (tertiary/aromatic N) is 1. The maximum atomic E-state index is 13.8. The molecule has 7 heteroatoms. The molecular weight excluding hydrogens is 516 g/mol. The Morgan fingerprint density at radius 1 is 1.13 bits per heavy atom. The van der Waals surface area contributed by atoms with Gasteiger partial charge in [0, 0.05) is 20.8 Å². The highest BCUT2D eigenvalue weighted by Crippen LogP contribution is 2.44. The number of carbonyl (C=O) groups excluding carboxylic acids is 2. The zero-order chi connectivity index (χ0) is 27.0. The van der Waals surface area contributed by atoms with E-state index in [1.807, 2.05) is 42.5 Å². The number of anilines is 1. The summed E-state index contributed by atoms with van der Waals surface area (Å²) >= 11 is 7.97. The number of para-hydroxylation sites is 1. The molecule has 0 fully saturated rings. The van der Waals surface area contributed by atoms with Crippen molar-refractivity contribution >= 4 is 50.7 Å². The van der Waals surface area contributed by atoms with Crippen LogP contribution in [0.1, 0.15) is 65.3 Å². The van der Waals surface area contributed by atoms with Gasteiger partial charge in [-0.2, -0.15) is 0 Å². The first-order chi connectivity index (χ1) is 18.2. The van der Waals surface area contributed by atoms with Crippen molar-refractivity contribution in [3.8, 4) is 11.3 Å². The summed E-state index contributed by atoms with van der Waals surface area (Å²) in [5.41, 5.74) is 4.21. The molecule has 1 amide bonds. The smallest absolute Gasteiger partial charge is 0.341 e. The minimum Gasteiger partial charge on any atom is -0.462 e. The Kier molecular flexibility index (Phi) is 7.30. The lowest BCUT2D eigenvalue weighted by molar-refractivity contribution is 0.0526. The fourth-order valence-corrected chi connectivity index (χ4v) is 6.72. The van der Waals surface area contributed by atoms with E-state index < -0.39 is 0 Å². The Morgan fingerprint density at radius 2 is 1.87 bits per heavy atom. The molecule has 1 aliphatic carbocycles. The third-order valence-corrected chi connectivity index (χ3v) is 8.81. The summed E-state index contributed by atoms with van der Waals surface area (Å²) in [5, 5.41) is 4.92. The topological polar surface area (TPSA) is 68.3 Å². The van der Waals surface area contributed by atoms with Crippen LogP contribution in [0.4, 0.5) is 5.00 Å². The molecule has 0 radical (unpaired) electrons. The fourth-order valence-electron chi connectivity index (χ4n) is 5.17. The average Bonchev–Trinajstić information content (AvgIpc) is 3.25. The number of fused-ring (bicyclic) bond motifs is 2. The lowest BCUT2D eigenvalue weighted by Crippen LogP contribution is -2.26. The molecule has 38 heavy (non-hydrogen) atoms. The molecule has 4 aromatic rings. The number of aromatic nitrogens is 1. The van der Waals surface area contributed by atoms with Crippen LogP contribution in [-0.4, -0.2) is 23.5 Å². The van der Waals surface area contributed by atoms with E-state index in [-0.39, 0.29) is 23.9 Å². The van der Waals surface area contributed by atoms with Crippen LogP contribution in [-0.2, 0) is 17.6 Å². The SMILES string of the molecule is CCOC(=O)c1c(NC(=O)c2cc(-c3ccccc3Cl)nc3ccccc23)sc2c1CCC(C(C)(C)C)C2. The highest BCUT2D eigenvalue weighted by molar-refractivity contribution is 7.17. The number of halogens is 1. The number of ether oxygens (including phenoxy) is 1. The Hall–Kier alpha value is -3.22. The zero-order valence-electron chi connectivity index (χ0n) is 22.1. The van der Waals surface area contributed by atoms with Gasteiger partial charge >= 0.3 is 5.97 Å². The molecule has 0 bridgehead atoms. The minimum absolute atomic E-state index is 0.167. The van der Waals surface area contributed by atoms with Crippen LogP contribution in [0.25, 0.3) is 22.2 Å². The molecule has 1 aliphatic rings. The van der Waals surface area contributed by atoms with Gasteiger partial charge < -0.3 is 10.1 Å². The quantitative estimate of drug-likeness (QED) is 0.256. The lowest BCUT2D eigenvalue weighted by atomic mass is 9.72. The number of carbonyl (C=O) groups is 2. The van der Waals surface area contributed by atoms with E-state index in [2.05, 4.69) is 26.1 Å². The summed E-state index contributed by atoms with van der Waals surface area (Å²) in [4.78, 5) is 32.9. The number of pyridine rings is 1. The highest BCUT2D eigenvalue weighted by atomic mass is 35.5. The number of benzene rings is 2. The van der Waals surface area contributed by atoms with Crippen LogP contribution in [0.5, 0.6) is 0 Å². The van der Waals surface area contributed by atoms with Crippen molar-refractivity contribution in [2.24, 2.45) is 11.3 Å². The molecule has 196 valence electrons. The number of esters is 1. The van der Waals surface area contributed by atoms with Crippen LogP contribution in [0.3, 0.4) is 0 Å². The predicted octanol–water partition coefficient (Wildman–Crippen LogP) is 8.20. The van der Waals surface area contributed by atoms with Crippen LogP contribution < -0.4 is 5.32 Å². The first-order valence-corrected chi connectivity index (χ1v) is 14.1. The number of hydrogen-bond donors (Lipinski definition) is 1. The maximum Gasteiger partial charge on any atom is 0.341 e. The molecule has 0 saturated heterocycles. The van der Waals surface area contributed by atoms with Crippen LogP contribution in [0.2, 0.25) is 5.02 Å². The number of nitrogens with one attached hydrogen (secondary N) is 1. The second kappa shape index (κ2) is 10.5. The molecule has 2 heterocycles. The Balaban J connectivity index is 1.57. The second-order valence-electron chi connectivity index (χ2n) is 10.7. The fraction of sp³-hybridized carbons (Fsp3) is 0.323. The van der Waals surface area contributed by atoms with E-state index in [9.17, 15) is 9.59 Å². The van der Waals surface area contributed by atoms with Gasteiger partial charge in [-0.1, -0.05) is 68.8 Å². The van der Waals surface area contributed by atoms with Gasteiger partial charge in [-0.25, -0.2) is 9.78 Å². The summed E-state index contributed by atoms with van der Waals surface area (Å²) in [6.45, 7) is 8.85. The Labute approximate surface area is 232 Å². The van der Waals surface area contributed by atoms with Crippen LogP contribution in [0, 0.1) is 11.3 Å². The number of rotatable bonds is 5. The molecule has 2 aromatic carbocycles. The van der Waals surface area contributed by atoms with Crippen molar-refractivity contribution in [1.29, 1.82) is 0 Å². The maximum absolute atomic E-state index is 13.8. The number of amides is 1. The summed E-state index contributed by atoms with van der Waals surface area (Å²) < 4.78 is 5.43.